The van der Waals surface area contributed by atoms with Crippen LogP contribution in [0.25, 0.3) is 0 Å². The molecule has 3 rings (SSSR count). The van der Waals surface area contributed by atoms with Crippen LogP contribution in [0.4, 0.5) is 10.5 Å². The van der Waals surface area contributed by atoms with Gasteiger partial charge in [0.25, 0.3) is 0 Å². The van der Waals surface area contributed by atoms with E-state index in [9.17, 15) is 23.1 Å². The molecule has 1 atom stereocenters. The molecule has 1 aliphatic rings. The summed E-state index contributed by atoms with van der Waals surface area (Å²) in [7, 11) is -2.55. The molecule has 2 amide bonds. The van der Waals surface area contributed by atoms with E-state index >= 15 is 0 Å². The number of benzene rings is 2. The molecule has 1 unspecified atom stereocenters. The second-order valence-corrected chi connectivity index (χ2v) is 12.4. The molecule has 1 heterocycles. The van der Waals surface area contributed by atoms with E-state index in [-0.39, 0.29) is 18.9 Å². The second-order valence-electron chi connectivity index (χ2n) is 10.7. The quantitative estimate of drug-likeness (QED) is 0.313. The van der Waals surface area contributed by atoms with E-state index in [4.69, 9.17) is 9.47 Å². The molecular formula is C29H40N4O7S. The third-order valence-corrected chi connectivity index (χ3v) is 7.90. The van der Waals surface area contributed by atoms with Crippen molar-refractivity contribution in [1.29, 1.82) is 0 Å². The highest BCUT2D eigenvalue weighted by atomic mass is 32.2. The van der Waals surface area contributed by atoms with Crippen LogP contribution in [0.1, 0.15) is 58.1 Å². The average Bonchev–Trinajstić information content (AvgIpc) is 3.13. The Bertz CT molecular complexity index is 1320. The third-order valence-electron chi connectivity index (χ3n) is 6.22. The number of hydrogen-bond donors (Lipinski definition) is 3. The minimum atomic E-state index is -4.09. The number of hydrogen-bond acceptors (Lipinski definition) is 7. The highest BCUT2D eigenvalue weighted by Gasteiger charge is 2.38. The zero-order valence-electron chi connectivity index (χ0n) is 24.2. The van der Waals surface area contributed by atoms with Gasteiger partial charge in [-0.1, -0.05) is 44.0 Å². The summed E-state index contributed by atoms with van der Waals surface area (Å²) in [6.07, 6.45) is 3.42. The van der Waals surface area contributed by atoms with Crippen molar-refractivity contribution in [1.82, 2.24) is 14.9 Å². The normalized spacial score (nSPS) is 15.2. The first-order valence-electron chi connectivity index (χ1n) is 13.6. The number of carbonyl (C=O) groups is 2. The molecule has 12 heteroatoms. The van der Waals surface area contributed by atoms with Crippen molar-refractivity contribution in [3.05, 3.63) is 71.7 Å². The second kappa shape index (κ2) is 13.6. The van der Waals surface area contributed by atoms with Gasteiger partial charge in [0.2, 0.25) is 11.8 Å². The lowest BCUT2D eigenvalue weighted by atomic mass is 10.0. The maximum atomic E-state index is 13.3. The number of nitrogens with zero attached hydrogens (tertiary/aromatic N) is 2. The lowest BCUT2D eigenvalue weighted by Crippen LogP contribution is -2.49. The smallest absolute Gasteiger partial charge is 0.408 e. The molecule has 0 bridgehead atoms. The number of methoxy groups -OCH3 is 1. The molecule has 3 N–H and O–H groups in total. The standard InChI is InChI=1S/C29H40N4O7S/c1-6-7-8-17-30-27(35)25(31-28(36)40-29(2,3)4)18-21-9-13-23(14-10-21)32-20-26(34)33(41(32,37)38)19-22-11-15-24(39-5)16-12-22/h9-16,20,25,34H,6-8,17-19H2,1-5H3,(H,30,35)(H,31,36). The molecule has 0 aliphatic carbocycles. The van der Waals surface area contributed by atoms with Gasteiger partial charge in [-0.15, -0.1) is 0 Å². The Morgan fingerprint density at radius 2 is 1.63 bits per heavy atom. The summed E-state index contributed by atoms with van der Waals surface area (Å²) in [5.74, 6) is -0.108. The Morgan fingerprint density at radius 3 is 2.22 bits per heavy atom. The zero-order chi connectivity index (χ0) is 30.2. The molecule has 0 saturated carbocycles. The number of rotatable bonds is 12. The molecule has 0 saturated heterocycles. The first-order valence-corrected chi connectivity index (χ1v) is 15.0. The minimum absolute atomic E-state index is 0.0609. The van der Waals surface area contributed by atoms with Crippen molar-refractivity contribution < 1.29 is 32.6 Å². The highest BCUT2D eigenvalue weighted by molar-refractivity contribution is 7.91. The van der Waals surface area contributed by atoms with Gasteiger partial charge in [-0.25, -0.2) is 13.4 Å². The SMILES string of the molecule is CCCCCNC(=O)C(Cc1ccc(N2C=C(O)N(Cc3ccc(OC)cc3)S2(=O)=O)cc1)NC(=O)OC(C)(C)C. The Morgan fingerprint density at radius 1 is 1.00 bits per heavy atom. The van der Waals surface area contributed by atoms with E-state index in [2.05, 4.69) is 17.6 Å². The summed E-state index contributed by atoms with van der Waals surface area (Å²) in [6, 6.07) is 12.5. The lowest BCUT2D eigenvalue weighted by Gasteiger charge is -2.24. The van der Waals surface area contributed by atoms with Gasteiger partial charge in [-0.05, 0) is 62.6 Å². The fraction of sp³-hybridized carbons (Fsp3) is 0.448. The van der Waals surface area contributed by atoms with Crippen LogP contribution < -0.4 is 19.7 Å². The Balaban J connectivity index is 1.72. The topological polar surface area (TPSA) is 138 Å². The molecule has 2 aromatic rings. The zero-order valence-corrected chi connectivity index (χ0v) is 25.0. The first kappa shape index (κ1) is 31.6. The van der Waals surface area contributed by atoms with E-state index in [0.29, 0.717) is 29.1 Å². The molecular weight excluding hydrogens is 548 g/mol. The number of aliphatic hydroxyl groups is 1. The first-order chi connectivity index (χ1) is 19.3. The molecule has 0 radical (unpaired) electrons. The van der Waals surface area contributed by atoms with Gasteiger partial charge in [0.05, 0.1) is 25.5 Å². The fourth-order valence-electron chi connectivity index (χ4n) is 4.11. The van der Waals surface area contributed by atoms with Crippen LogP contribution in [0.2, 0.25) is 0 Å². The van der Waals surface area contributed by atoms with Crippen molar-refractivity contribution in [2.75, 3.05) is 18.0 Å². The maximum Gasteiger partial charge on any atom is 0.408 e. The van der Waals surface area contributed by atoms with E-state index in [0.717, 1.165) is 34.1 Å². The van der Waals surface area contributed by atoms with E-state index in [1.165, 1.54) is 0 Å². The van der Waals surface area contributed by atoms with Crippen LogP contribution in [-0.2, 0) is 32.7 Å². The van der Waals surface area contributed by atoms with Gasteiger partial charge < -0.3 is 25.2 Å². The summed E-state index contributed by atoms with van der Waals surface area (Å²) in [6.45, 7) is 7.72. The van der Waals surface area contributed by atoms with Crippen LogP contribution >= 0.6 is 0 Å². The highest BCUT2D eigenvalue weighted by Crippen LogP contribution is 2.31. The molecule has 41 heavy (non-hydrogen) atoms. The van der Waals surface area contributed by atoms with Crippen molar-refractivity contribution in [3.63, 3.8) is 0 Å². The maximum absolute atomic E-state index is 13.3. The van der Waals surface area contributed by atoms with Crippen LogP contribution in [-0.4, -0.2) is 55.1 Å². The van der Waals surface area contributed by atoms with Gasteiger partial charge in [-0.3, -0.25) is 4.79 Å². The number of aliphatic hydroxyl groups excluding tert-OH is 1. The van der Waals surface area contributed by atoms with Crippen molar-refractivity contribution >= 4 is 27.9 Å². The third kappa shape index (κ3) is 8.78. The number of unbranched alkanes of at least 4 members (excludes halogenated alkanes) is 2. The summed E-state index contributed by atoms with van der Waals surface area (Å²) in [5, 5.41) is 16.0. The lowest BCUT2D eigenvalue weighted by molar-refractivity contribution is -0.123. The van der Waals surface area contributed by atoms with E-state index < -0.39 is 33.8 Å². The average molecular weight is 589 g/mol. The number of amides is 2. The van der Waals surface area contributed by atoms with Gasteiger partial charge in [0.1, 0.15) is 17.4 Å². The van der Waals surface area contributed by atoms with Crippen LogP contribution in [0.5, 0.6) is 5.75 Å². The van der Waals surface area contributed by atoms with Crippen LogP contribution in [0.3, 0.4) is 0 Å². The molecule has 0 aromatic heterocycles. The van der Waals surface area contributed by atoms with Crippen molar-refractivity contribution in [2.45, 2.75) is 71.6 Å². The summed E-state index contributed by atoms with van der Waals surface area (Å²) in [4.78, 5) is 25.4. The number of anilines is 1. The number of nitrogens with one attached hydrogen (secondary N) is 2. The summed E-state index contributed by atoms with van der Waals surface area (Å²) >= 11 is 0. The summed E-state index contributed by atoms with van der Waals surface area (Å²) < 4.78 is 38.9. The molecule has 0 spiro atoms. The van der Waals surface area contributed by atoms with Gasteiger partial charge in [0, 0.05) is 13.0 Å². The van der Waals surface area contributed by atoms with Gasteiger partial charge in [0.15, 0.2) is 0 Å². The largest absolute Gasteiger partial charge is 0.497 e. The monoisotopic (exact) mass is 588 g/mol. The Kier molecular flexibility index (Phi) is 10.5. The predicted molar refractivity (Wildman–Crippen MR) is 156 cm³/mol. The Hall–Kier alpha value is -3.93. The Labute approximate surface area is 242 Å². The van der Waals surface area contributed by atoms with Crippen molar-refractivity contribution in [3.8, 4) is 5.75 Å². The molecule has 2 aromatic carbocycles. The minimum Gasteiger partial charge on any atom is -0.497 e. The fourth-order valence-corrected chi connectivity index (χ4v) is 5.53. The number of alkyl carbamates (subject to hydrolysis) is 1. The van der Waals surface area contributed by atoms with Gasteiger partial charge in [-0.2, -0.15) is 8.42 Å². The molecule has 11 nitrogen and oxygen atoms in total. The van der Waals surface area contributed by atoms with Crippen LogP contribution in [0, 0.1) is 0 Å². The van der Waals surface area contributed by atoms with Crippen molar-refractivity contribution in [2.24, 2.45) is 0 Å². The van der Waals surface area contributed by atoms with E-state index in [1.807, 2.05) is 0 Å². The molecule has 1 aliphatic heterocycles. The molecule has 224 valence electrons. The predicted octanol–water partition coefficient (Wildman–Crippen LogP) is 4.36. The molecule has 0 fully saturated rings. The number of carbonyl (C=O) groups excluding carboxylic acids is 2. The number of ether oxygens (including phenoxy) is 2. The summed E-state index contributed by atoms with van der Waals surface area (Å²) in [5.41, 5.74) is 0.940. The van der Waals surface area contributed by atoms with Gasteiger partial charge >= 0.3 is 16.3 Å². The van der Waals surface area contributed by atoms with Crippen LogP contribution in [0.15, 0.2) is 60.6 Å². The van der Waals surface area contributed by atoms with E-state index in [1.54, 1.807) is 76.4 Å².